The summed E-state index contributed by atoms with van der Waals surface area (Å²) in [7, 11) is 1.46. The Morgan fingerprint density at radius 2 is 2.18 bits per heavy atom. The molecule has 5 heteroatoms. The third-order valence-corrected chi connectivity index (χ3v) is 4.70. The molecule has 2 heterocycles. The number of nitrogens with one attached hydrogen (secondary N) is 1. The topological polar surface area (TPSA) is 41.6 Å². The van der Waals surface area contributed by atoms with Crippen molar-refractivity contribution >= 4 is 17.9 Å². The van der Waals surface area contributed by atoms with E-state index in [0.29, 0.717) is 12.1 Å². The average Bonchev–Trinajstić information content (AvgIpc) is 2.39. The van der Waals surface area contributed by atoms with Gasteiger partial charge in [-0.15, -0.1) is 0 Å². The second-order valence-corrected chi connectivity index (χ2v) is 5.99. The summed E-state index contributed by atoms with van der Waals surface area (Å²) in [5, 5.41) is 3.70. The predicted molar refractivity (Wildman–Crippen MR) is 70.5 cm³/mol. The molecule has 0 unspecified atom stereocenters. The number of carbonyl (C=O) groups is 1. The van der Waals surface area contributed by atoms with Crippen LogP contribution in [0.4, 0.5) is 4.79 Å². The zero-order valence-electron chi connectivity index (χ0n) is 10.5. The third kappa shape index (κ3) is 3.78. The van der Waals surface area contributed by atoms with E-state index in [-0.39, 0.29) is 6.09 Å². The molecule has 98 valence electrons. The van der Waals surface area contributed by atoms with E-state index in [1.165, 1.54) is 37.9 Å². The fourth-order valence-electron chi connectivity index (χ4n) is 2.61. The van der Waals surface area contributed by atoms with Crippen LogP contribution in [0.1, 0.15) is 25.7 Å². The Bertz CT molecular complexity index is 257. The maximum atomic E-state index is 11.5. The van der Waals surface area contributed by atoms with Crippen LogP contribution < -0.4 is 5.32 Å². The van der Waals surface area contributed by atoms with Crippen LogP contribution in [0.25, 0.3) is 0 Å². The minimum absolute atomic E-state index is 0.186. The highest BCUT2D eigenvalue weighted by Gasteiger charge is 2.26. The van der Waals surface area contributed by atoms with Crippen LogP contribution in [0.3, 0.4) is 0 Å². The van der Waals surface area contributed by atoms with Gasteiger partial charge in [0.05, 0.1) is 7.11 Å². The van der Waals surface area contributed by atoms with Gasteiger partial charge >= 0.3 is 6.09 Å². The number of ether oxygens (including phenoxy) is 1. The number of nitrogens with zero attached hydrogens (tertiary/aromatic N) is 1. The molecule has 0 radical (unpaired) electrons. The Kier molecular flexibility index (Phi) is 4.98. The summed E-state index contributed by atoms with van der Waals surface area (Å²) in [5.74, 6) is 2.52. The fourth-order valence-corrected chi connectivity index (χ4v) is 3.70. The summed E-state index contributed by atoms with van der Waals surface area (Å²) in [6, 6.07) is 1.09. The number of methoxy groups -OCH3 is 1. The van der Waals surface area contributed by atoms with Crippen LogP contribution in [0.15, 0.2) is 0 Å². The lowest BCUT2D eigenvalue weighted by molar-refractivity contribution is 0.106. The molecule has 2 fully saturated rings. The van der Waals surface area contributed by atoms with Crippen molar-refractivity contribution in [1.29, 1.82) is 0 Å². The van der Waals surface area contributed by atoms with E-state index in [0.717, 1.165) is 19.5 Å². The quantitative estimate of drug-likeness (QED) is 0.818. The summed E-state index contributed by atoms with van der Waals surface area (Å²) < 4.78 is 4.78. The number of piperidine rings is 1. The lowest BCUT2D eigenvalue weighted by Gasteiger charge is -2.35. The monoisotopic (exact) mass is 258 g/mol. The van der Waals surface area contributed by atoms with Crippen molar-refractivity contribution in [3.05, 3.63) is 0 Å². The molecule has 2 atom stereocenters. The van der Waals surface area contributed by atoms with Crippen molar-refractivity contribution < 1.29 is 9.53 Å². The van der Waals surface area contributed by atoms with Gasteiger partial charge in [-0.05, 0) is 31.4 Å². The number of hydrogen-bond donors (Lipinski definition) is 1. The zero-order chi connectivity index (χ0) is 12.1. The van der Waals surface area contributed by atoms with Crippen molar-refractivity contribution in [3.8, 4) is 0 Å². The molecule has 0 saturated carbocycles. The minimum Gasteiger partial charge on any atom is -0.453 e. The first-order valence-electron chi connectivity index (χ1n) is 6.46. The van der Waals surface area contributed by atoms with Gasteiger partial charge in [-0.2, -0.15) is 11.8 Å². The Balaban J connectivity index is 1.78. The Labute approximate surface area is 107 Å². The number of amides is 1. The molecule has 1 amide bonds. The summed E-state index contributed by atoms with van der Waals surface area (Å²) in [6.07, 6.45) is 4.66. The molecule has 2 aliphatic rings. The molecule has 0 aromatic heterocycles. The van der Waals surface area contributed by atoms with Gasteiger partial charge in [-0.1, -0.05) is 0 Å². The second-order valence-electron chi connectivity index (χ2n) is 4.84. The molecule has 2 saturated heterocycles. The highest BCUT2D eigenvalue weighted by atomic mass is 32.2. The molecular weight excluding hydrogens is 236 g/mol. The third-order valence-electron chi connectivity index (χ3n) is 3.49. The first kappa shape index (κ1) is 13.0. The average molecular weight is 258 g/mol. The molecule has 2 rings (SSSR count). The largest absolute Gasteiger partial charge is 0.453 e. The normalized spacial score (nSPS) is 30.1. The van der Waals surface area contributed by atoms with E-state index in [2.05, 4.69) is 5.32 Å². The van der Waals surface area contributed by atoms with Crippen molar-refractivity contribution in [3.63, 3.8) is 0 Å². The van der Waals surface area contributed by atoms with Crippen molar-refractivity contribution in [2.24, 2.45) is 0 Å². The van der Waals surface area contributed by atoms with Gasteiger partial charge in [0.2, 0.25) is 0 Å². The number of hydrogen-bond acceptors (Lipinski definition) is 4. The van der Waals surface area contributed by atoms with Gasteiger partial charge in [0.25, 0.3) is 0 Å². The molecule has 17 heavy (non-hydrogen) atoms. The van der Waals surface area contributed by atoms with Gasteiger partial charge in [-0.25, -0.2) is 4.79 Å². The number of thioether (sulfide) groups is 1. The minimum atomic E-state index is -0.186. The van der Waals surface area contributed by atoms with Gasteiger partial charge < -0.3 is 15.0 Å². The summed E-state index contributed by atoms with van der Waals surface area (Å²) >= 11 is 2.04. The van der Waals surface area contributed by atoms with E-state index >= 15 is 0 Å². The van der Waals surface area contributed by atoms with Crippen molar-refractivity contribution in [2.75, 3.05) is 31.7 Å². The van der Waals surface area contributed by atoms with E-state index in [1.807, 2.05) is 16.7 Å². The zero-order valence-corrected chi connectivity index (χ0v) is 11.3. The number of carbonyl (C=O) groups excluding carboxylic acids is 1. The first-order chi connectivity index (χ1) is 8.29. The summed E-state index contributed by atoms with van der Waals surface area (Å²) in [5.41, 5.74) is 0. The van der Waals surface area contributed by atoms with Crippen LogP contribution in [0, 0.1) is 0 Å². The second kappa shape index (κ2) is 6.50. The molecule has 0 aliphatic carbocycles. The number of rotatable bonds is 2. The summed E-state index contributed by atoms with van der Waals surface area (Å²) in [6.45, 7) is 1.64. The van der Waals surface area contributed by atoms with Gasteiger partial charge in [-0.3, -0.25) is 0 Å². The Hall–Kier alpha value is -0.420. The van der Waals surface area contributed by atoms with E-state index in [1.54, 1.807) is 0 Å². The molecule has 0 spiro atoms. The van der Waals surface area contributed by atoms with Crippen LogP contribution in [0.5, 0.6) is 0 Å². The highest BCUT2D eigenvalue weighted by Crippen LogP contribution is 2.19. The van der Waals surface area contributed by atoms with Crippen LogP contribution in [-0.4, -0.2) is 54.8 Å². The lowest BCUT2D eigenvalue weighted by Crippen LogP contribution is -2.51. The molecular formula is C12H22N2O2S. The van der Waals surface area contributed by atoms with Crippen molar-refractivity contribution in [2.45, 2.75) is 37.8 Å². The predicted octanol–water partition coefficient (Wildman–Crippen LogP) is 1.70. The first-order valence-corrected chi connectivity index (χ1v) is 7.61. The molecule has 4 nitrogen and oxygen atoms in total. The van der Waals surface area contributed by atoms with Gasteiger partial charge in [0, 0.05) is 30.9 Å². The van der Waals surface area contributed by atoms with Gasteiger partial charge in [0.1, 0.15) is 0 Å². The Morgan fingerprint density at radius 3 is 2.88 bits per heavy atom. The highest BCUT2D eigenvalue weighted by molar-refractivity contribution is 7.99. The smallest absolute Gasteiger partial charge is 0.409 e. The standard InChI is InChI=1S/C12H22N2O2S/c1-16-12(15)14-6-2-4-10(8-14)13-11-5-3-7-17-9-11/h10-11,13H,2-9H2,1H3/t10-,11-/m1/s1. The summed E-state index contributed by atoms with van der Waals surface area (Å²) in [4.78, 5) is 13.3. The molecule has 1 N–H and O–H groups in total. The van der Waals surface area contributed by atoms with E-state index < -0.39 is 0 Å². The molecule has 0 bridgehead atoms. The van der Waals surface area contributed by atoms with Crippen LogP contribution in [-0.2, 0) is 4.74 Å². The molecule has 0 aromatic carbocycles. The van der Waals surface area contributed by atoms with Crippen LogP contribution in [0.2, 0.25) is 0 Å². The fraction of sp³-hybridized carbons (Fsp3) is 0.917. The van der Waals surface area contributed by atoms with E-state index in [4.69, 9.17) is 4.74 Å². The maximum Gasteiger partial charge on any atom is 0.409 e. The maximum absolute atomic E-state index is 11.5. The van der Waals surface area contributed by atoms with Gasteiger partial charge in [0.15, 0.2) is 0 Å². The lowest BCUT2D eigenvalue weighted by atomic mass is 10.0. The number of likely N-dealkylation sites (tertiary alicyclic amines) is 1. The Morgan fingerprint density at radius 1 is 1.35 bits per heavy atom. The van der Waals surface area contributed by atoms with Crippen LogP contribution >= 0.6 is 11.8 Å². The van der Waals surface area contributed by atoms with Crippen molar-refractivity contribution in [1.82, 2.24) is 10.2 Å². The molecule has 2 aliphatic heterocycles. The van der Waals surface area contributed by atoms with E-state index in [9.17, 15) is 4.79 Å². The molecule has 0 aromatic rings. The SMILES string of the molecule is COC(=O)N1CCC[C@@H](N[C@@H]2CCCSC2)C1.